The van der Waals surface area contributed by atoms with Crippen LogP contribution < -0.4 is 0 Å². The van der Waals surface area contributed by atoms with Gasteiger partial charge < -0.3 is 10.2 Å². The van der Waals surface area contributed by atoms with E-state index in [4.69, 9.17) is 0 Å². The molecule has 0 bridgehead atoms. The lowest BCUT2D eigenvalue weighted by Crippen LogP contribution is -2.21. The van der Waals surface area contributed by atoms with Crippen LogP contribution in [0.1, 0.15) is 37.0 Å². The summed E-state index contributed by atoms with van der Waals surface area (Å²) >= 11 is 0. The number of hydrogen-bond acceptors (Lipinski definition) is 3. The summed E-state index contributed by atoms with van der Waals surface area (Å²) < 4.78 is 13.2. The molecule has 0 aromatic carbocycles. The Labute approximate surface area is 81.2 Å². The van der Waals surface area contributed by atoms with Crippen molar-refractivity contribution in [2.45, 2.75) is 31.5 Å². The molecule has 1 aromatic heterocycles. The molecule has 0 fully saturated rings. The second-order valence-corrected chi connectivity index (χ2v) is 3.67. The van der Waals surface area contributed by atoms with Crippen molar-refractivity contribution in [3.8, 4) is 0 Å². The van der Waals surface area contributed by atoms with Crippen LogP contribution in [0.15, 0.2) is 12.3 Å². The molecule has 0 saturated heterocycles. The molecule has 2 N–H and O–H groups in total. The van der Waals surface area contributed by atoms with Crippen molar-refractivity contribution in [2.24, 2.45) is 0 Å². The Morgan fingerprint density at radius 1 is 1.71 bits per heavy atom. The molecule has 0 radical (unpaired) electrons. The first-order valence-corrected chi connectivity index (χ1v) is 4.64. The monoisotopic (exact) mass is 197 g/mol. The number of fused-ring (bicyclic) bond motifs is 1. The maximum absolute atomic E-state index is 13.2. The van der Waals surface area contributed by atoms with Crippen molar-refractivity contribution in [1.29, 1.82) is 0 Å². The highest BCUT2D eigenvalue weighted by Crippen LogP contribution is 2.45. The van der Waals surface area contributed by atoms with Gasteiger partial charge in [-0.25, -0.2) is 4.98 Å². The molecule has 2 atom stereocenters. The van der Waals surface area contributed by atoms with E-state index < -0.39 is 17.7 Å². The third kappa shape index (κ3) is 1.14. The predicted molar refractivity (Wildman–Crippen MR) is 48.0 cm³/mol. The van der Waals surface area contributed by atoms with E-state index in [0.29, 0.717) is 12.0 Å². The normalized spacial score (nSPS) is 30.4. The van der Waals surface area contributed by atoms with Gasteiger partial charge in [0.2, 0.25) is 5.95 Å². The molecule has 2 unspecified atom stereocenters. The molecule has 0 saturated carbocycles. The van der Waals surface area contributed by atoms with Crippen LogP contribution in [-0.2, 0) is 5.60 Å². The van der Waals surface area contributed by atoms with Gasteiger partial charge in [0.15, 0.2) is 0 Å². The van der Waals surface area contributed by atoms with E-state index in [1.807, 2.05) is 0 Å². The number of nitrogens with zero attached hydrogens (tertiary/aromatic N) is 1. The summed E-state index contributed by atoms with van der Waals surface area (Å²) in [6, 6.07) is 1.57. The predicted octanol–water partition coefficient (Wildman–Crippen LogP) is 1.26. The number of halogens is 1. The van der Waals surface area contributed by atoms with Crippen molar-refractivity contribution < 1.29 is 14.6 Å². The highest BCUT2D eigenvalue weighted by Gasteiger charge is 2.42. The van der Waals surface area contributed by atoms with Crippen LogP contribution in [0.3, 0.4) is 0 Å². The van der Waals surface area contributed by atoms with Gasteiger partial charge in [0.05, 0.1) is 11.7 Å². The number of aromatic nitrogens is 1. The van der Waals surface area contributed by atoms with Gasteiger partial charge in [0, 0.05) is 18.2 Å². The first-order chi connectivity index (χ1) is 6.58. The van der Waals surface area contributed by atoms with E-state index in [0.717, 1.165) is 0 Å². The first kappa shape index (κ1) is 9.55. The molecule has 1 aliphatic carbocycles. The summed E-state index contributed by atoms with van der Waals surface area (Å²) in [7, 11) is 0. The third-order valence-corrected chi connectivity index (χ3v) is 2.89. The second-order valence-electron chi connectivity index (χ2n) is 3.67. The number of aliphatic hydroxyl groups excluding tert-OH is 1. The van der Waals surface area contributed by atoms with Crippen LogP contribution in [0.25, 0.3) is 0 Å². The summed E-state index contributed by atoms with van der Waals surface area (Å²) in [5, 5.41) is 19.7. The summed E-state index contributed by atoms with van der Waals surface area (Å²) in [4.78, 5) is 3.46. The third-order valence-electron chi connectivity index (χ3n) is 2.89. The molecule has 0 amide bonds. The number of pyridine rings is 1. The van der Waals surface area contributed by atoms with Gasteiger partial charge in [-0.2, -0.15) is 4.39 Å². The van der Waals surface area contributed by atoms with Crippen LogP contribution in [0.5, 0.6) is 0 Å². The summed E-state index contributed by atoms with van der Waals surface area (Å²) in [6.45, 7) is 1.81. The molecule has 0 spiro atoms. The molecule has 0 aliphatic heterocycles. The van der Waals surface area contributed by atoms with E-state index in [-0.39, 0.29) is 12.0 Å². The lowest BCUT2D eigenvalue weighted by molar-refractivity contribution is 0.00277. The zero-order chi connectivity index (χ0) is 10.3. The summed E-state index contributed by atoms with van der Waals surface area (Å²) in [6.07, 6.45) is 0.984. The van der Waals surface area contributed by atoms with E-state index in [2.05, 4.69) is 4.98 Å². The fraction of sp³-hybridized carbons (Fsp3) is 0.500. The van der Waals surface area contributed by atoms with Crippen molar-refractivity contribution in [1.82, 2.24) is 4.98 Å². The molecular weight excluding hydrogens is 185 g/mol. The van der Waals surface area contributed by atoms with Crippen molar-refractivity contribution in [3.05, 3.63) is 29.3 Å². The first-order valence-electron chi connectivity index (χ1n) is 4.64. The number of rotatable bonds is 1. The molecule has 2 rings (SSSR count). The fourth-order valence-electron chi connectivity index (χ4n) is 2.04. The Balaban J connectivity index is 2.60. The average Bonchev–Trinajstić information content (AvgIpc) is 2.41. The van der Waals surface area contributed by atoms with Gasteiger partial charge in [0.25, 0.3) is 0 Å². The Bertz CT molecular complexity index is 369. The molecule has 1 aromatic rings. The van der Waals surface area contributed by atoms with Crippen LogP contribution >= 0.6 is 0 Å². The standard InChI is InChI=1S/C10H12FNO2/c1-2-10(14)5-7(13)8-6(10)3-4-12-9(8)11/h3-4,7,13-14H,2,5H2,1H3. The number of aliphatic hydroxyl groups is 2. The minimum absolute atomic E-state index is 0.150. The lowest BCUT2D eigenvalue weighted by atomic mass is 9.94. The quantitative estimate of drug-likeness (QED) is 0.666. The highest BCUT2D eigenvalue weighted by molar-refractivity contribution is 5.37. The topological polar surface area (TPSA) is 53.4 Å². The number of hydrogen-bond donors (Lipinski definition) is 2. The van der Waals surface area contributed by atoms with Crippen molar-refractivity contribution >= 4 is 0 Å². The van der Waals surface area contributed by atoms with Crippen LogP contribution in [0.2, 0.25) is 0 Å². The smallest absolute Gasteiger partial charge is 0.219 e. The van der Waals surface area contributed by atoms with Gasteiger partial charge in [-0.05, 0) is 18.1 Å². The van der Waals surface area contributed by atoms with Crippen molar-refractivity contribution in [3.63, 3.8) is 0 Å². The fourth-order valence-corrected chi connectivity index (χ4v) is 2.04. The van der Waals surface area contributed by atoms with Crippen molar-refractivity contribution in [2.75, 3.05) is 0 Å². The largest absolute Gasteiger partial charge is 0.388 e. The minimum Gasteiger partial charge on any atom is -0.388 e. The molecule has 76 valence electrons. The molecule has 1 aliphatic rings. The van der Waals surface area contributed by atoms with Crippen LogP contribution in [0.4, 0.5) is 4.39 Å². The Morgan fingerprint density at radius 2 is 2.43 bits per heavy atom. The van der Waals surface area contributed by atoms with E-state index >= 15 is 0 Å². The summed E-state index contributed by atoms with van der Waals surface area (Å²) in [5.41, 5.74) is -0.477. The van der Waals surface area contributed by atoms with Gasteiger partial charge >= 0.3 is 0 Å². The minimum atomic E-state index is -1.10. The molecule has 14 heavy (non-hydrogen) atoms. The molecule has 3 nitrogen and oxygen atoms in total. The maximum Gasteiger partial charge on any atom is 0.219 e. The van der Waals surface area contributed by atoms with Gasteiger partial charge in [-0.15, -0.1) is 0 Å². The van der Waals surface area contributed by atoms with E-state index in [1.54, 1.807) is 13.0 Å². The zero-order valence-electron chi connectivity index (χ0n) is 7.87. The summed E-state index contributed by atoms with van der Waals surface area (Å²) in [5.74, 6) is -0.681. The lowest BCUT2D eigenvalue weighted by Gasteiger charge is -2.21. The maximum atomic E-state index is 13.2. The molecule has 4 heteroatoms. The SMILES string of the molecule is CCC1(O)CC(O)c2c1ccnc2F. The Hall–Kier alpha value is -1.00. The molecule has 1 heterocycles. The van der Waals surface area contributed by atoms with E-state index in [1.165, 1.54) is 6.20 Å². The van der Waals surface area contributed by atoms with Gasteiger partial charge in [-0.1, -0.05) is 6.92 Å². The molecular formula is C10H12FNO2. The second kappa shape index (κ2) is 3.00. The average molecular weight is 197 g/mol. The Morgan fingerprint density at radius 3 is 3.07 bits per heavy atom. The van der Waals surface area contributed by atoms with Gasteiger partial charge in [-0.3, -0.25) is 0 Å². The zero-order valence-corrected chi connectivity index (χ0v) is 7.87. The van der Waals surface area contributed by atoms with Gasteiger partial charge in [0.1, 0.15) is 0 Å². The Kier molecular flexibility index (Phi) is 2.05. The van der Waals surface area contributed by atoms with Crippen LogP contribution in [-0.4, -0.2) is 15.2 Å². The van der Waals surface area contributed by atoms with Crippen LogP contribution in [0, 0.1) is 5.95 Å². The van der Waals surface area contributed by atoms with E-state index in [9.17, 15) is 14.6 Å². The highest BCUT2D eigenvalue weighted by atomic mass is 19.1.